The number of rotatable bonds is 2. The zero-order valence-electron chi connectivity index (χ0n) is 5.58. The van der Waals surface area contributed by atoms with Crippen molar-refractivity contribution in [2.24, 2.45) is 0 Å². The fourth-order valence-corrected chi connectivity index (χ4v) is 0. The number of aliphatic carboxylic acids is 2. The van der Waals surface area contributed by atoms with Gasteiger partial charge in [-0.1, -0.05) is 13.2 Å². The van der Waals surface area contributed by atoms with Crippen molar-refractivity contribution in [1.29, 1.82) is 0 Å². The summed E-state index contributed by atoms with van der Waals surface area (Å²) in [5.41, 5.74) is 0. The van der Waals surface area contributed by atoms with E-state index in [0.717, 1.165) is 12.2 Å². The third kappa shape index (κ3) is 48.9. The van der Waals surface area contributed by atoms with Crippen LogP contribution in [-0.2, 0) is 26.7 Å². The summed E-state index contributed by atoms with van der Waals surface area (Å²) < 4.78 is 0. The van der Waals surface area contributed by atoms with Gasteiger partial charge in [-0.25, -0.2) is 0 Å². The topological polar surface area (TPSA) is 80.3 Å². The molecule has 0 aromatic carbocycles. The molecule has 0 bridgehead atoms. The zero-order chi connectivity index (χ0) is 8.57. The molecule has 12 heavy (non-hydrogen) atoms. The molecule has 0 spiro atoms. The van der Waals surface area contributed by atoms with Gasteiger partial charge in [0.1, 0.15) is 0 Å². The van der Waals surface area contributed by atoms with Crippen LogP contribution in [-0.4, -0.2) is 49.7 Å². The molecule has 6 heteroatoms. The Morgan fingerprint density at radius 1 is 1.00 bits per heavy atom. The Kier molecular flexibility index (Phi) is 32.9. The van der Waals surface area contributed by atoms with Crippen LogP contribution < -0.4 is 10.2 Å². The molecule has 0 amide bonds. The van der Waals surface area contributed by atoms with E-state index < -0.39 is 11.9 Å². The van der Waals surface area contributed by atoms with Crippen molar-refractivity contribution >= 4 is 49.7 Å². The van der Waals surface area contributed by atoms with E-state index in [1.807, 2.05) is 0 Å². The molecular formula is C6H8CaMnO4. The molecule has 4 nitrogen and oxygen atoms in total. The molecule has 0 fully saturated rings. The normalized spacial score (nSPS) is 5.33. The summed E-state index contributed by atoms with van der Waals surface area (Å²) in [6, 6.07) is 0. The van der Waals surface area contributed by atoms with Crippen molar-refractivity contribution in [3.63, 3.8) is 0 Å². The summed E-state index contributed by atoms with van der Waals surface area (Å²) in [5, 5.41) is 18.3. The monoisotopic (exact) mass is 239 g/mol. The van der Waals surface area contributed by atoms with Crippen LogP contribution >= 0.6 is 0 Å². The second-order valence-electron chi connectivity index (χ2n) is 1.05. The maximum absolute atomic E-state index is 9.14. The van der Waals surface area contributed by atoms with Crippen LogP contribution in [0.3, 0.4) is 0 Å². The second kappa shape index (κ2) is 17.3. The first kappa shape index (κ1) is 22.8. The first-order chi connectivity index (χ1) is 4.54. The predicted molar refractivity (Wildman–Crippen MR) is 39.0 cm³/mol. The standard InChI is InChI=1S/2C3H4O2.Ca.Mn.2H/c2*1-2-3(4)5;;;;/h2*2H,1H2,(H,4,5);;;;/q;;;+2;;/p-2. The Morgan fingerprint density at radius 2 is 1.08 bits per heavy atom. The van der Waals surface area contributed by atoms with Crippen LogP contribution in [0.15, 0.2) is 25.3 Å². The van der Waals surface area contributed by atoms with Crippen molar-refractivity contribution < 1.29 is 36.9 Å². The molecule has 0 aliphatic heterocycles. The zero-order valence-corrected chi connectivity index (χ0v) is 6.76. The molecule has 65 valence electrons. The molecular weight excluding hydrogens is 231 g/mol. The minimum Gasteiger partial charge on any atom is 2.00 e. The molecule has 0 aliphatic rings. The van der Waals surface area contributed by atoms with Crippen LogP contribution in [0.2, 0.25) is 0 Å². The van der Waals surface area contributed by atoms with Gasteiger partial charge in [0.05, 0.1) is 11.9 Å². The Bertz CT molecular complexity index is 140. The van der Waals surface area contributed by atoms with Crippen molar-refractivity contribution in [2.45, 2.75) is 0 Å². The number of hydrogen-bond acceptors (Lipinski definition) is 4. The van der Waals surface area contributed by atoms with E-state index in [0.29, 0.717) is 0 Å². The van der Waals surface area contributed by atoms with Gasteiger partial charge in [0, 0.05) is 0 Å². The maximum atomic E-state index is 9.14. The van der Waals surface area contributed by atoms with Gasteiger partial charge in [0.25, 0.3) is 0 Å². The minimum atomic E-state index is -1.23. The molecule has 1 radical (unpaired) electrons. The van der Waals surface area contributed by atoms with E-state index in [1.54, 1.807) is 0 Å². The predicted octanol–water partition coefficient (Wildman–Crippen LogP) is -3.07. The SMILES string of the molecule is C=CC(=O)[O-].C=CC(=O)[O-].[CaH2].[Mn+2]. The van der Waals surface area contributed by atoms with E-state index in [9.17, 15) is 0 Å². The minimum absolute atomic E-state index is 0. The van der Waals surface area contributed by atoms with Crippen LogP contribution in [0, 0.1) is 0 Å². The van der Waals surface area contributed by atoms with Gasteiger partial charge in [0.15, 0.2) is 0 Å². The number of carbonyl (C=O) groups excluding carboxylic acids is 2. The molecule has 0 aromatic rings. The van der Waals surface area contributed by atoms with E-state index in [4.69, 9.17) is 19.8 Å². The summed E-state index contributed by atoms with van der Waals surface area (Å²) in [4.78, 5) is 18.3. The largest absolute Gasteiger partial charge is 2.00 e. The number of carboxylic acid groups (broad SMARTS) is 2. The van der Waals surface area contributed by atoms with Gasteiger partial charge < -0.3 is 19.8 Å². The molecule has 0 aliphatic carbocycles. The van der Waals surface area contributed by atoms with Gasteiger partial charge >= 0.3 is 54.8 Å². The van der Waals surface area contributed by atoms with Gasteiger partial charge in [-0.3, -0.25) is 0 Å². The molecule has 0 atom stereocenters. The van der Waals surface area contributed by atoms with E-state index >= 15 is 0 Å². The van der Waals surface area contributed by atoms with E-state index in [2.05, 4.69) is 13.2 Å². The van der Waals surface area contributed by atoms with Crippen molar-refractivity contribution in [3.05, 3.63) is 25.3 Å². The van der Waals surface area contributed by atoms with Crippen LogP contribution in [0.25, 0.3) is 0 Å². The van der Waals surface area contributed by atoms with Gasteiger partial charge in [-0.05, 0) is 12.2 Å². The average Bonchev–Trinajstić information content (AvgIpc) is 1.89. The Labute approximate surface area is 111 Å². The summed E-state index contributed by atoms with van der Waals surface area (Å²) in [6.45, 7) is 5.80. The molecule has 0 saturated heterocycles. The first-order valence-electron chi connectivity index (χ1n) is 2.21. The smallest absolute Gasteiger partial charge is 2.00 e. The molecule has 0 rings (SSSR count). The quantitative estimate of drug-likeness (QED) is 0.378. The Balaban J connectivity index is -0.0000000457. The van der Waals surface area contributed by atoms with E-state index in [-0.39, 0.29) is 54.8 Å². The molecule has 0 N–H and O–H groups in total. The summed E-state index contributed by atoms with van der Waals surface area (Å²) >= 11 is 0. The number of hydrogen-bond donors (Lipinski definition) is 0. The van der Waals surface area contributed by atoms with Gasteiger partial charge in [-0.2, -0.15) is 0 Å². The maximum Gasteiger partial charge on any atom is 2.00 e. The van der Waals surface area contributed by atoms with Crippen molar-refractivity contribution in [3.8, 4) is 0 Å². The van der Waals surface area contributed by atoms with Gasteiger partial charge in [-0.15, -0.1) is 0 Å². The van der Waals surface area contributed by atoms with Crippen LogP contribution in [0.1, 0.15) is 0 Å². The third-order valence-electron chi connectivity index (χ3n) is 0.333. The third-order valence-corrected chi connectivity index (χ3v) is 0.333. The summed E-state index contributed by atoms with van der Waals surface area (Å²) in [6.07, 6.45) is 1.44. The number of carbonyl (C=O) groups is 2. The summed E-state index contributed by atoms with van der Waals surface area (Å²) in [7, 11) is 0. The molecule has 0 heterocycles. The van der Waals surface area contributed by atoms with Crippen molar-refractivity contribution in [1.82, 2.24) is 0 Å². The second-order valence-corrected chi connectivity index (χ2v) is 1.05. The fraction of sp³-hybridized carbons (Fsp3) is 0. The fourth-order valence-electron chi connectivity index (χ4n) is 0. The Hall–Kier alpha value is 0.199. The molecule has 0 saturated carbocycles. The van der Waals surface area contributed by atoms with Gasteiger partial charge in [0.2, 0.25) is 0 Å². The first-order valence-corrected chi connectivity index (χ1v) is 2.21. The molecule has 0 unspecified atom stereocenters. The van der Waals surface area contributed by atoms with Crippen molar-refractivity contribution in [2.75, 3.05) is 0 Å². The summed E-state index contributed by atoms with van der Waals surface area (Å²) in [5.74, 6) is -2.46. The Morgan fingerprint density at radius 3 is 1.08 bits per heavy atom. The van der Waals surface area contributed by atoms with Crippen LogP contribution in [0.5, 0.6) is 0 Å². The number of carboxylic acids is 2. The van der Waals surface area contributed by atoms with Crippen LogP contribution in [0.4, 0.5) is 0 Å². The van der Waals surface area contributed by atoms with E-state index in [1.165, 1.54) is 0 Å². The average molecular weight is 239 g/mol. The molecule has 0 aromatic heterocycles.